The molecule has 1 aromatic rings. The minimum Gasteiger partial charge on any atom is -0.487 e. The molecule has 0 fully saturated rings. The molecule has 1 N–H and O–H groups in total. The molecule has 0 aromatic heterocycles. The largest absolute Gasteiger partial charge is 0.487 e. The van der Waals surface area contributed by atoms with E-state index in [1.165, 1.54) is 0 Å². The molecule has 0 saturated carbocycles. The summed E-state index contributed by atoms with van der Waals surface area (Å²) in [6.45, 7) is 5.88. The van der Waals surface area contributed by atoms with Crippen LogP contribution < -0.4 is 10.1 Å². The van der Waals surface area contributed by atoms with Crippen LogP contribution in [0, 0.1) is 13.8 Å². The smallest absolute Gasteiger partial charge is 0.228 e. The number of halogens is 1. The topological polar surface area (TPSA) is 38.3 Å². The Labute approximate surface area is 103 Å². The number of hydrogen-bond acceptors (Lipinski definition) is 2. The summed E-state index contributed by atoms with van der Waals surface area (Å²) in [5, 5.41) is 2.90. The van der Waals surface area contributed by atoms with Gasteiger partial charge in [-0.05, 0) is 47.8 Å². The number of hydrogen-bond donors (Lipinski definition) is 1. The third-order valence-electron chi connectivity index (χ3n) is 2.66. The van der Waals surface area contributed by atoms with Crippen molar-refractivity contribution >= 4 is 27.5 Å². The first-order chi connectivity index (χ1) is 7.49. The van der Waals surface area contributed by atoms with Crippen LogP contribution in [0.3, 0.4) is 0 Å². The Morgan fingerprint density at radius 1 is 1.44 bits per heavy atom. The lowest BCUT2D eigenvalue weighted by Gasteiger charge is -2.16. The monoisotopic (exact) mass is 283 g/mol. The van der Waals surface area contributed by atoms with Crippen LogP contribution >= 0.6 is 15.9 Å². The van der Waals surface area contributed by atoms with E-state index in [-0.39, 0.29) is 12.0 Å². The molecule has 0 bridgehead atoms. The maximum Gasteiger partial charge on any atom is 0.228 e. The number of carbonyl (C=O) groups is 1. The molecule has 1 aliphatic heterocycles. The molecule has 0 aliphatic carbocycles. The van der Waals surface area contributed by atoms with Crippen molar-refractivity contribution in [3.05, 3.63) is 21.7 Å². The minimum atomic E-state index is -0.0984. The predicted molar refractivity (Wildman–Crippen MR) is 67.0 cm³/mol. The zero-order valence-corrected chi connectivity index (χ0v) is 11.1. The molecule has 1 aromatic carbocycles. The van der Waals surface area contributed by atoms with Crippen LogP contribution in [0.25, 0.3) is 0 Å². The van der Waals surface area contributed by atoms with Crippen molar-refractivity contribution in [1.29, 1.82) is 0 Å². The summed E-state index contributed by atoms with van der Waals surface area (Å²) in [6, 6.07) is 2.03. The van der Waals surface area contributed by atoms with E-state index in [9.17, 15) is 4.79 Å². The SMILES string of the molecule is Cc1cc(C)c2c(c1Br)OC(C)CC(=O)N2. The quantitative estimate of drug-likeness (QED) is 0.794. The van der Waals surface area contributed by atoms with E-state index in [1.807, 2.05) is 26.8 Å². The lowest BCUT2D eigenvalue weighted by molar-refractivity contribution is -0.117. The van der Waals surface area contributed by atoms with E-state index >= 15 is 0 Å². The zero-order chi connectivity index (χ0) is 11.9. The normalized spacial score (nSPS) is 19.5. The number of amides is 1. The van der Waals surface area contributed by atoms with Gasteiger partial charge in [0.25, 0.3) is 0 Å². The van der Waals surface area contributed by atoms with E-state index < -0.39 is 0 Å². The minimum absolute atomic E-state index is 0.00473. The van der Waals surface area contributed by atoms with Crippen molar-refractivity contribution in [2.75, 3.05) is 5.32 Å². The highest BCUT2D eigenvalue weighted by atomic mass is 79.9. The lowest BCUT2D eigenvalue weighted by atomic mass is 10.1. The highest BCUT2D eigenvalue weighted by molar-refractivity contribution is 9.10. The molecular weight excluding hydrogens is 270 g/mol. The van der Waals surface area contributed by atoms with Crippen LogP contribution in [0.2, 0.25) is 0 Å². The van der Waals surface area contributed by atoms with Crippen molar-refractivity contribution in [2.45, 2.75) is 33.3 Å². The van der Waals surface area contributed by atoms with Gasteiger partial charge in [0.15, 0.2) is 5.75 Å². The van der Waals surface area contributed by atoms with Gasteiger partial charge in [-0.1, -0.05) is 6.07 Å². The number of ether oxygens (including phenoxy) is 1. The maximum absolute atomic E-state index is 11.6. The van der Waals surface area contributed by atoms with Crippen molar-refractivity contribution in [2.24, 2.45) is 0 Å². The molecule has 0 saturated heterocycles. The molecule has 1 heterocycles. The number of rotatable bonds is 0. The first kappa shape index (κ1) is 11.5. The van der Waals surface area contributed by atoms with Crippen LogP contribution in [-0.2, 0) is 4.79 Å². The van der Waals surface area contributed by atoms with Gasteiger partial charge in [-0.3, -0.25) is 4.79 Å². The van der Waals surface area contributed by atoms with Crippen molar-refractivity contribution < 1.29 is 9.53 Å². The zero-order valence-electron chi connectivity index (χ0n) is 9.56. The number of nitrogens with one attached hydrogen (secondary N) is 1. The fourth-order valence-corrected chi connectivity index (χ4v) is 2.29. The number of fused-ring (bicyclic) bond motifs is 1. The van der Waals surface area contributed by atoms with Gasteiger partial charge in [-0.15, -0.1) is 0 Å². The molecule has 1 unspecified atom stereocenters. The predicted octanol–water partition coefficient (Wildman–Crippen LogP) is 3.18. The van der Waals surface area contributed by atoms with Crippen molar-refractivity contribution in [3.8, 4) is 5.75 Å². The summed E-state index contributed by atoms with van der Waals surface area (Å²) < 4.78 is 6.71. The Bertz CT molecular complexity index is 457. The first-order valence-corrected chi connectivity index (χ1v) is 6.04. The molecule has 3 nitrogen and oxygen atoms in total. The van der Waals surface area contributed by atoms with Gasteiger partial charge >= 0.3 is 0 Å². The average Bonchev–Trinajstić information content (AvgIpc) is 2.33. The summed E-state index contributed by atoms with van der Waals surface area (Å²) >= 11 is 3.51. The maximum atomic E-state index is 11.6. The van der Waals surface area contributed by atoms with E-state index in [0.29, 0.717) is 6.42 Å². The van der Waals surface area contributed by atoms with Gasteiger partial charge in [0.2, 0.25) is 5.91 Å². The van der Waals surface area contributed by atoms with Crippen LogP contribution in [0.15, 0.2) is 10.5 Å². The lowest BCUT2D eigenvalue weighted by Crippen LogP contribution is -2.17. The Morgan fingerprint density at radius 2 is 2.12 bits per heavy atom. The molecule has 1 aliphatic rings. The molecule has 1 amide bonds. The Kier molecular flexibility index (Phi) is 2.93. The van der Waals surface area contributed by atoms with Crippen LogP contribution in [0.1, 0.15) is 24.5 Å². The number of carbonyl (C=O) groups excluding carboxylic acids is 1. The molecule has 0 spiro atoms. The van der Waals surface area contributed by atoms with Crippen LogP contribution in [-0.4, -0.2) is 12.0 Å². The van der Waals surface area contributed by atoms with Crippen LogP contribution in [0.4, 0.5) is 5.69 Å². The fraction of sp³-hybridized carbons (Fsp3) is 0.417. The summed E-state index contributed by atoms with van der Waals surface area (Å²) in [7, 11) is 0. The first-order valence-electron chi connectivity index (χ1n) is 5.25. The van der Waals surface area contributed by atoms with E-state index in [0.717, 1.165) is 27.0 Å². The standard InChI is InChI=1S/C12H14BrNO2/c1-6-4-7(2)11-12(10(6)13)16-8(3)5-9(15)14-11/h4,8H,5H2,1-3H3,(H,14,15). The Hall–Kier alpha value is -1.03. The molecule has 1 atom stereocenters. The highest BCUT2D eigenvalue weighted by Gasteiger charge is 2.23. The molecular formula is C12H14BrNO2. The molecule has 0 radical (unpaired) electrons. The van der Waals surface area contributed by atoms with Gasteiger partial charge < -0.3 is 10.1 Å². The summed E-state index contributed by atoms with van der Waals surface area (Å²) in [5.41, 5.74) is 2.92. The second-order valence-corrected chi connectivity index (χ2v) is 5.00. The molecule has 86 valence electrons. The molecule has 16 heavy (non-hydrogen) atoms. The highest BCUT2D eigenvalue weighted by Crippen LogP contribution is 2.40. The van der Waals surface area contributed by atoms with Gasteiger partial charge in [-0.2, -0.15) is 0 Å². The second kappa shape index (κ2) is 4.09. The van der Waals surface area contributed by atoms with Crippen LogP contribution in [0.5, 0.6) is 5.75 Å². The van der Waals surface area contributed by atoms with E-state index in [1.54, 1.807) is 0 Å². The number of benzene rings is 1. The summed E-state index contributed by atoms with van der Waals surface area (Å²) in [4.78, 5) is 11.6. The summed E-state index contributed by atoms with van der Waals surface area (Å²) in [5.74, 6) is 0.751. The Morgan fingerprint density at radius 3 is 2.81 bits per heavy atom. The Balaban J connectivity index is 2.60. The molecule has 4 heteroatoms. The number of aryl methyl sites for hydroxylation is 2. The van der Waals surface area contributed by atoms with Crippen molar-refractivity contribution in [1.82, 2.24) is 0 Å². The van der Waals surface area contributed by atoms with Gasteiger partial charge in [0.1, 0.15) is 6.10 Å². The summed E-state index contributed by atoms with van der Waals surface area (Å²) in [6.07, 6.45) is 0.290. The number of anilines is 1. The fourth-order valence-electron chi connectivity index (χ4n) is 1.89. The van der Waals surface area contributed by atoms with Gasteiger partial charge in [-0.25, -0.2) is 0 Å². The average molecular weight is 284 g/mol. The van der Waals surface area contributed by atoms with E-state index in [2.05, 4.69) is 21.2 Å². The van der Waals surface area contributed by atoms with Gasteiger partial charge in [0, 0.05) is 0 Å². The van der Waals surface area contributed by atoms with Crippen molar-refractivity contribution in [3.63, 3.8) is 0 Å². The van der Waals surface area contributed by atoms with Gasteiger partial charge in [0.05, 0.1) is 16.6 Å². The molecule has 2 rings (SSSR count). The second-order valence-electron chi connectivity index (χ2n) is 4.21. The third kappa shape index (κ3) is 1.94. The van der Waals surface area contributed by atoms with E-state index in [4.69, 9.17) is 4.74 Å². The third-order valence-corrected chi connectivity index (χ3v) is 3.64.